The third-order valence-electron chi connectivity index (χ3n) is 5.35. The van der Waals surface area contributed by atoms with Gasteiger partial charge in [-0.2, -0.15) is 0 Å². The third kappa shape index (κ3) is 5.57. The van der Waals surface area contributed by atoms with Gasteiger partial charge in [-0.25, -0.2) is 0 Å². The van der Waals surface area contributed by atoms with Gasteiger partial charge < -0.3 is 0 Å². The summed E-state index contributed by atoms with van der Waals surface area (Å²) in [6.45, 7) is 2.28. The monoisotopic (exact) mass is 356 g/mol. The highest BCUT2D eigenvalue weighted by atomic mass is 14.2. The van der Waals surface area contributed by atoms with E-state index >= 15 is 0 Å². The van der Waals surface area contributed by atoms with Gasteiger partial charge in [-0.15, -0.1) is 0 Å². The Balaban J connectivity index is 1.79. The Morgan fingerprint density at radius 2 is 1.11 bits per heavy atom. The van der Waals surface area contributed by atoms with Crippen LogP contribution < -0.4 is 0 Å². The van der Waals surface area contributed by atoms with E-state index in [0.717, 1.165) is 0 Å². The van der Waals surface area contributed by atoms with Gasteiger partial charge in [-0.05, 0) is 40.7 Å². The molecule has 0 radical (unpaired) electrons. The second-order valence-electron chi connectivity index (χ2n) is 7.44. The van der Waals surface area contributed by atoms with Gasteiger partial charge in [0.15, 0.2) is 0 Å². The van der Waals surface area contributed by atoms with E-state index in [9.17, 15) is 0 Å². The molecule has 0 fully saturated rings. The first-order valence-corrected chi connectivity index (χ1v) is 10.6. The highest BCUT2D eigenvalue weighted by molar-refractivity contribution is 5.85. The highest BCUT2D eigenvalue weighted by Gasteiger charge is 2.12. The van der Waals surface area contributed by atoms with Gasteiger partial charge in [0.1, 0.15) is 0 Å². The predicted molar refractivity (Wildman–Crippen MR) is 119 cm³/mol. The Kier molecular flexibility index (Phi) is 7.71. The molecule has 0 aliphatic heterocycles. The average molecular weight is 357 g/mol. The van der Waals surface area contributed by atoms with Crippen molar-refractivity contribution < 1.29 is 0 Å². The van der Waals surface area contributed by atoms with Crippen LogP contribution in [0.15, 0.2) is 78.9 Å². The van der Waals surface area contributed by atoms with Crippen LogP contribution in [0.3, 0.4) is 0 Å². The molecule has 0 heterocycles. The van der Waals surface area contributed by atoms with Crippen molar-refractivity contribution in [3.05, 3.63) is 84.4 Å². The van der Waals surface area contributed by atoms with Crippen LogP contribution in [-0.2, 0) is 6.42 Å². The van der Waals surface area contributed by atoms with Gasteiger partial charge in [-0.1, -0.05) is 124 Å². The van der Waals surface area contributed by atoms with Crippen molar-refractivity contribution in [3.63, 3.8) is 0 Å². The molecule has 0 heteroatoms. The van der Waals surface area contributed by atoms with E-state index < -0.39 is 0 Å². The van der Waals surface area contributed by atoms with Crippen LogP contribution >= 0.6 is 0 Å². The maximum absolute atomic E-state index is 2.33. The molecule has 0 atom stereocenters. The molecule has 140 valence electrons. The lowest BCUT2D eigenvalue weighted by Gasteiger charge is -2.16. The van der Waals surface area contributed by atoms with Crippen LogP contribution in [0.5, 0.6) is 0 Å². The molecule has 0 nitrogen and oxygen atoms in total. The Morgan fingerprint density at radius 3 is 1.78 bits per heavy atom. The van der Waals surface area contributed by atoms with Crippen molar-refractivity contribution in [2.75, 3.05) is 0 Å². The fourth-order valence-electron chi connectivity index (χ4n) is 3.89. The van der Waals surface area contributed by atoms with E-state index in [1.165, 1.54) is 79.2 Å². The molecular formula is C27H32. The first-order valence-electron chi connectivity index (χ1n) is 10.6. The lowest BCUT2D eigenvalue weighted by atomic mass is 9.88. The van der Waals surface area contributed by atoms with E-state index in [1.54, 1.807) is 0 Å². The molecule has 0 amide bonds. The minimum Gasteiger partial charge on any atom is -0.0654 e. The number of rotatable bonds is 10. The van der Waals surface area contributed by atoms with Crippen LogP contribution in [-0.4, -0.2) is 0 Å². The molecule has 0 aliphatic carbocycles. The molecule has 0 unspecified atom stereocenters. The number of aryl methyl sites for hydroxylation is 1. The Bertz CT molecular complexity index is 787. The van der Waals surface area contributed by atoms with E-state index in [0.29, 0.717) is 0 Å². The Morgan fingerprint density at radius 1 is 0.519 bits per heavy atom. The zero-order valence-electron chi connectivity index (χ0n) is 16.7. The molecular weight excluding hydrogens is 324 g/mol. The topological polar surface area (TPSA) is 0 Å². The van der Waals surface area contributed by atoms with Crippen LogP contribution in [0.4, 0.5) is 0 Å². The lowest BCUT2D eigenvalue weighted by molar-refractivity contribution is 0.589. The summed E-state index contributed by atoms with van der Waals surface area (Å²) in [5, 5.41) is 0. The normalized spacial score (nSPS) is 10.9. The zero-order valence-corrected chi connectivity index (χ0v) is 16.7. The van der Waals surface area contributed by atoms with E-state index in [4.69, 9.17) is 0 Å². The predicted octanol–water partition coefficient (Wildman–Crippen LogP) is 8.31. The quantitative estimate of drug-likeness (QED) is 0.320. The molecule has 0 N–H and O–H groups in total. The van der Waals surface area contributed by atoms with Gasteiger partial charge in [0.25, 0.3) is 0 Å². The molecule has 0 aromatic heterocycles. The number of hydrogen-bond acceptors (Lipinski definition) is 0. The molecule has 0 aliphatic rings. The zero-order chi connectivity index (χ0) is 18.7. The summed E-state index contributed by atoms with van der Waals surface area (Å²) in [4.78, 5) is 0. The minimum atomic E-state index is 1.17. The molecule has 27 heavy (non-hydrogen) atoms. The third-order valence-corrected chi connectivity index (χ3v) is 5.35. The standard InChI is InChI=1S/C27H32/c1-2-3-4-5-6-7-10-18-25-21-15-22-26(23-16-11-8-12-17-23)27(25)24-19-13-9-14-20-24/h8-9,11-17,19-22H,2-7,10,18H2,1H3. The molecule has 0 saturated heterocycles. The first-order chi connectivity index (χ1) is 13.4. The fourth-order valence-corrected chi connectivity index (χ4v) is 3.89. The number of hydrogen-bond donors (Lipinski definition) is 0. The highest BCUT2D eigenvalue weighted by Crippen LogP contribution is 2.35. The number of benzene rings is 3. The van der Waals surface area contributed by atoms with Crippen LogP contribution in [0.1, 0.15) is 57.4 Å². The van der Waals surface area contributed by atoms with Gasteiger partial charge in [0, 0.05) is 0 Å². The molecule has 3 aromatic rings. The second-order valence-corrected chi connectivity index (χ2v) is 7.44. The smallest absolute Gasteiger partial charge is 0.00733 e. The lowest BCUT2D eigenvalue weighted by Crippen LogP contribution is -1.94. The summed E-state index contributed by atoms with van der Waals surface area (Å²) in [6, 6.07) is 28.5. The van der Waals surface area contributed by atoms with Crippen molar-refractivity contribution >= 4 is 0 Å². The van der Waals surface area contributed by atoms with Crippen molar-refractivity contribution in [2.45, 2.75) is 58.3 Å². The first kappa shape index (κ1) is 19.4. The van der Waals surface area contributed by atoms with Crippen LogP contribution in [0.25, 0.3) is 22.3 Å². The van der Waals surface area contributed by atoms with Crippen LogP contribution in [0, 0.1) is 0 Å². The van der Waals surface area contributed by atoms with Gasteiger partial charge in [-0.3, -0.25) is 0 Å². The molecule has 0 spiro atoms. The van der Waals surface area contributed by atoms with Gasteiger partial charge in [0.2, 0.25) is 0 Å². The largest absolute Gasteiger partial charge is 0.0654 e. The molecule has 0 bridgehead atoms. The van der Waals surface area contributed by atoms with Crippen molar-refractivity contribution in [3.8, 4) is 22.3 Å². The molecule has 3 rings (SSSR count). The SMILES string of the molecule is CCCCCCCCCc1cccc(-c2ccccc2)c1-c1ccccc1. The van der Waals surface area contributed by atoms with Crippen molar-refractivity contribution in [2.24, 2.45) is 0 Å². The Labute approximate surface area is 165 Å². The fraction of sp³-hybridized carbons (Fsp3) is 0.333. The summed E-state index contributed by atoms with van der Waals surface area (Å²) < 4.78 is 0. The van der Waals surface area contributed by atoms with Crippen LogP contribution in [0.2, 0.25) is 0 Å². The van der Waals surface area contributed by atoms with Crippen molar-refractivity contribution in [1.82, 2.24) is 0 Å². The molecule has 0 saturated carbocycles. The molecule has 3 aromatic carbocycles. The van der Waals surface area contributed by atoms with E-state index in [2.05, 4.69) is 85.8 Å². The van der Waals surface area contributed by atoms with Gasteiger partial charge in [0.05, 0.1) is 0 Å². The van der Waals surface area contributed by atoms with E-state index in [-0.39, 0.29) is 0 Å². The maximum Gasteiger partial charge on any atom is -0.00733 e. The number of unbranched alkanes of at least 4 members (excludes halogenated alkanes) is 6. The van der Waals surface area contributed by atoms with Gasteiger partial charge >= 0.3 is 0 Å². The maximum atomic E-state index is 2.33. The summed E-state index contributed by atoms with van der Waals surface area (Å²) in [5.74, 6) is 0. The summed E-state index contributed by atoms with van der Waals surface area (Å²) in [6.07, 6.45) is 10.7. The summed E-state index contributed by atoms with van der Waals surface area (Å²) in [7, 11) is 0. The van der Waals surface area contributed by atoms with E-state index in [1.807, 2.05) is 0 Å². The average Bonchev–Trinajstić information content (AvgIpc) is 2.74. The minimum absolute atomic E-state index is 1.17. The van der Waals surface area contributed by atoms with Crippen molar-refractivity contribution in [1.29, 1.82) is 0 Å². The second kappa shape index (κ2) is 10.7. The summed E-state index contributed by atoms with van der Waals surface area (Å²) in [5.41, 5.74) is 6.88. The summed E-state index contributed by atoms with van der Waals surface area (Å²) >= 11 is 0. The Hall–Kier alpha value is -2.34.